The van der Waals surface area contributed by atoms with E-state index in [4.69, 9.17) is 10.5 Å². The van der Waals surface area contributed by atoms with Crippen LogP contribution in [0.4, 0.5) is 10.2 Å². The molecule has 202 valence electrons. The number of hydrogen-bond acceptors (Lipinski definition) is 7. The van der Waals surface area contributed by atoms with Gasteiger partial charge in [0.2, 0.25) is 5.95 Å². The summed E-state index contributed by atoms with van der Waals surface area (Å²) in [5.74, 6) is 1.20. The molecule has 39 heavy (non-hydrogen) atoms. The van der Waals surface area contributed by atoms with E-state index in [1.54, 1.807) is 4.57 Å². The summed E-state index contributed by atoms with van der Waals surface area (Å²) in [7, 11) is 2.11. The van der Waals surface area contributed by atoms with Crippen LogP contribution in [0.3, 0.4) is 0 Å². The van der Waals surface area contributed by atoms with Crippen LogP contribution in [0.5, 0.6) is 11.5 Å². The number of aliphatic hydroxyl groups is 1. The van der Waals surface area contributed by atoms with Crippen LogP contribution in [0.15, 0.2) is 73.1 Å². The van der Waals surface area contributed by atoms with Gasteiger partial charge in [0.1, 0.15) is 35.5 Å². The lowest BCUT2D eigenvalue weighted by molar-refractivity contribution is 0.0580. The maximum atomic E-state index is 16.3. The molecule has 3 N–H and O–H groups in total. The van der Waals surface area contributed by atoms with Crippen molar-refractivity contribution in [2.45, 2.75) is 37.6 Å². The maximum Gasteiger partial charge on any atom is 0.204 e. The number of nitrogens with zero attached hydrogens (tertiary/aromatic N) is 5. The van der Waals surface area contributed by atoms with Crippen LogP contribution in [-0.4, -0.2) is 68.4 Å². The van der Waals surface area contributed by atoms with Gasteiger partial charge in [-0.1, -0.05) is 36.4 Å². The molecule has 2 aromatic heterocycles. The maximum absolute atomic E-state index is 16.3. The number of likely N-dealkylation sites (tertiary alicyclic amines) is 1. The third-order valence-corrected chi connectivity index (χ3v) is 7.68. The monoisotopic (exact) mass is 528 g/mol. The first-order valence-corrected chi connectivity index (χ1v) is 13.4. The number of rotatable bonds is 9. The summed E-state index contributed by atoms with van der Waals surface area (Å²) in [5, 5.41) is 11.3. The molecule has 0 bridgehead atoms. The van der Waals surface area contributed by atoms with E-state index in [0.717, 1.165) is 12.3 Å². The highest BCUT2D eigenvalue weighted by atomic mass is 19.1. The van der Waals surface area contributed by atoms with Gasteiger partial charge in [0.05, 0.1) is 11.4 Å². The Labute approximate surface area is 227 Å². The van der Waals surface area contributed by atoms with Crippen LogP contribution in [0.1, 0.15) is 25.3 Å². The minimum atomic E-state index is -0.719. The van der Waals surface area contributed by atoms with Gasteiger partial charge < -0.3 is 15.6 Å². The first-order valence-electron chi connectivity index (χ1n) is 13.4. The molecule has 8 nitrogen and oxygen atoms in total. The van der Waals surface area contributed by atoms with Crippen molar-refractivity contribution in [3.05, 3.63) is 79.0 Å². The van der Waals surface area contributed by atoms with Gasteiger partial charge in [-0.25, -0.2) is 9.97 Å². The highest BCUT2D eigenvalue weighted by Crippen LogP contribution is 2.40. The molecule has 0 spiro atoms. The average Bonchev–Trinajstić information content (AvgIpc) is 3.61. The second-order valence-electron chi connectivity index (χ2n) is 10.4. The molecular weight excluding hydrogens is 495 g/mol. The number of para-hydroxylation sites is 1. The fourth-order valence-corrected chi connectivity index (χ4v) is 5.39. The number of likely N-dealkylation sites (N-methyl/N-ethyl adjacent to an activating group) is 1. The molecule has 3 heterocycles. The van der Waals surface area contributed by atoms with E-state index >= 15 is 4.39 Å². The smallest absolute Gasteiger partial charge is 0.204 e. The zero-order chi connectivity index (χ0) is 26.9. The van der Waals surface area contributed by atoms with Crippen LogP contribution < -0.4 is 10.5 Å². The molecule has 1 unspecified atom stereocenters. The number of hydrogen-bond donors (Lipinski definition) is 2. The summed E-state index contributed by atoms with van der Waals surface area (Å²) >= 11 is 0. The van der Waals surface area contributed by atoms with Crippen LogP contribution in [-0.2, 0) is 0 Å². The molecule has 2 fully saturated rings. The van der Waals surface area contributed by atoms with E-state index in [2.05, 4.69) is 21.9 Å². The topological polar surface area (TPSA) is 92.7 Å². The summed E-state index contributed by atoms with van der Waals surface area (Å²) in [6.45, 7) is 1.96. The molecule has 4 aromatic rings. The molecular formula is C30H33FN6O2. The molecule has 0 radical (unpaired) electrons. The molecule has 1 saturated carbocycles. The van der Waals surface area contributed by atoms with Crippen molar-refractivity contribution in [3.8, 4) is 22.6 Å². The molecule has 1 aliphatic carbocycles. The number of benzene rings is 2. The molecule has 9 heteroatoms. The lowest BCUT2D eigenvalue weighted by Gasteiger charge is -2.21. The highest BCUT2D eigenvalue weighted by molar-refractivity contribution is 6.01. The van der Waals surface area contributed by atoms with Crippen molar-refractivity contribution in [2.24, 2.45) is 0 Å². The molecule has 2 atom stereocenters. The Morgan fingerprint density at radius 3 is 2.59 bits per heavy atom. The van der Waals surface area contributed by atoms with Crippen molar-refractivity contribution >= 4 is 16.9 Å². The number of halogens is 1. The van der Waals surface area contributed by atoms with Crippen molar-refractivity contribution in [3.63, 3.8) is 0 Å². The van der Waals surface area contributed by atoms with Gasteiger partial charge in [-0.15, -0.1) is 0 Å². The van der Waals surface area contributed by atoms with Crippen LogP contribution in [0.25, 0.3) is 22.2 Å². The van der Waals surface area contributed by atoms with Gasteiger partial charge in [0, 0.05) is 31.2 Å². The number of aromatic nitrogens is 3. The van der Waals surface area contributed by atoms with Crippen LogP contribution in [0.2, 0.25) is 0 Å². The lowest BCUT2D eigenvalue weighted by atomic mass is 10.1. The number of anilines is 1. The Balaban J connectivity index is 1.24. The van der Waals surface area contributed by atoms with Crippen LogP contribution >= 0.6 is 0 Å². The number of aliphatic hydroxyl groups excluding tert-OH is 1. The second-order valence-corrected chi connectivity index (χ2v) is 10.4. The zero-order valence-corrected chi connectivity index (χ0v) is 21.9. The first-order chi connectivity index (χ1) is 19.0. The second kappa shape index (κ2) is 10.8. The van der Waals surface area contributed by atoms with E-state index in [0.29, 0.717) is 53.5 Å². The molecule has 2 aliphatic rings. The Morgan fingerprint density at radius 2 is 1.85 bits per heavy atom. The number of fused-ring (bicyclic) bond motifs is 1. The lowest BCUT2D eigenvalue weighted by Crippen LogP contribution is -2.32. The largest absolute Gasteiger partial charge is 0.457 e. The highest BCUT2D eigenvalue weighted by Gasteiger charge is 2.33. The van der Waals surface area contributed by atoms with E-state index in [-0.39, 0.29) is 11.9 Å². The van der Waals surface area contributed by atoms with E-state index in [1.165, 1.54) is 19.2 Å². The van der Waals surface area contributed by atoms with Crippen molar-refractivity contribution < 1.29 is 14.2 Å². The summed E-state index contributed by atoms with van der Waals surface area (Å²) < 4.78 is 23.8. The van der Waals surface area contributed by atoms with Gasteiger partial charge in [-0.3, -0.25) is 14.4 Å². The van der Waals surface area contributed by atoms with Gasteiger partial charge in [-0.2, -0.15) is 4.39 Å². The average molecular weight is 529 g/mol. The quantitative estimate of drug-likeness (QED) is 0.301. The molecule has 1 saturated heterocycles. The molecule has 0 amide bonds. The van der Waals surface area contributed by atoms with Crippen molar-refractivity contribution in [1.82, 2.24) is 24.3 Å². The fourth-order valence-electron chi connectivity index (χ4n) is 5.39. The van der Waals surface area contributed by atoms with Gasteiger partial charge >= 0.3 is 0 Å². The van der Waals surface area contributed by atoms with Crippen LogP contribution in [0, 0.1) is 5.95 Å². The summed E-state index contributed by atoms with van der Waals surface area (Å²) in [6.07, 6.45) is 7.67. The summed E-state index contributed by atoms with van der Waals surface area (Å²) in [6, 6.07) is 17.2. The summed E-state index contributed by atoms with van der Waals surface area (Å²) in [5.41, 5.74) is 7.76. The molecule has 6 rings (SSSR count). The third kappa shape index (κ3) is 5.25. The van der Waals surface area contributed by atoms with Gasteiger partial charge in [0.25, 0.3) is 0 Å². The van der Waals surface area contributed by atoms with E-state index in [1.807, 2.05) is 71.6 Å². The minimum absolute atomic E-state index is 0.201. The fraction of sp³-hybridized carbons (Fsp3) is 0.333. The van der Waals surface area contributed by atoms with Crippen molar-refractivity contribution in [2.75, 3.05) is 32.4 Å². The normalized spacial score (nSPS) is 18.9. The number of nitrogen functional groups attached to an aromatic ring is 1. The Kier molecular flexibility index (Phi) is 7.03. The third-order valence-electron chi connectivity index (χ3n) is 7.68. The minimum Gasteiger partial charge on any atom is -0.457 e. The van der Waals surface area contributed by atoms with E-state index < -0.39 is 12.2 Å². The molecule has 1 aliphatic heterocycles. The molecule has 2 aromatic carbocycles. The predicted octanol–water partition coefficient (Wildman–Crippen LogP) is 4.83. The first kappa shape index (κ1) is 25.5. The number of ether oxygens (including phenoxy) is 1. The number of nitrogens with two attached hydrogens (primary N) is 1. The summed E-state index contributed by atoms with van der Waals surface area (Å²) in [4.78, 5) is 12.8. The van der Waals surface area contributed by atoms with Crippen molar-refractivity contribution in [1.29, 1.82) is 0 Å². The zero-order valence-electron chi connectivity index (χ0n) is 21.9. The van der Waals surface area contributed by atoms with Gasteiger partial charge in [-0.05, 0) is 62.2 Å². The SMILES string of the molecule is CN(C/C=C/C(O)N1CC[C@@H](n2c(F)c(-c3ccc(Oc4ccccc4)cc3)c3c(N)ncnc32)C1)C1CC1. The Bertz CT molecular complexity index is 1470. The Hall–Kier alpha value is -3.79. The van der Waals surface area contributed by atoms with E-state index in [9.17, 15) is 5.11 Å². The van der Waals surface area contributed by atoms with Gasteiger partial charge in [0.15, 0.2) is 0 Å². The Morgan fingerprint density at radius 1 is 1.10 bits per heavy atom. The standard InChI is InChI=1S/C30H33FN6O2/c1-35(21-11-12-21)16-5-8-25(38)36-17-15-22(18-36)37-28(31)26(27-29(32)33-19-34-30(27)37)20-9-13-24(14-10-20)39-23-6-3-2-4-7-23/h2-10,13-14,19,21-22,25,38H,11-12,15-18H2,1H3,(H2,32,33,34)/b8-5+/t22-,25?/m1/s1. The predicted molar refractivity (Wildman–Crippen MR) is 150 cm³/mol.